The number of hydrogen-bond acceptors (Lipinski definition) is 1. The van der Waals surface area contributed by atoms with E-state index in [0.29, 0.717) is 9.44 Å². The van der Waals surface area contributed by atoms with E-state index in [1.165, 1.54) is 6.07 Å². The molecule has 0 aliphatic heterocycles. The molecular weight excluding hydrogens is 201 g/mol. The summed E-state index contributed by atoms with van der Waals surface area (Å²) in [6, 6.07) is 6.43. The van der Waals surface area contributed by atoms with Crippen molar-refractivity contribution in [1.29, 1.82) is 0 Å². The number of anilines is 1. The van der Waals surface area contributed by atoms with Crippen LogP contribution in [-0.2, 0) is 0 Å². The van der Waals surface area contributed by atoms with E-state index in [0.717, 1.165) is 0 Å². The van der Waals surface area contributed by atoms with Gasteiger partial charge in [0.25, 0.3) is 0 Å². The highest BCUT2D eigenvalue weighted by atomic mass is 35.5. The van der Waals surface area contributed by atoms with E-state index in [9.17, 15) is 4.79 Å². The highest BCUT2D eigenvalue weighted by Crippen LogP contribution is 2.26. The van der Waals surface area contributed by atoms with Crippen LogP contribution in [0.3, 0.4) is 0 Å². The average molecular weight is 206 g/mol. The number of nitrogens with zero attached hydrogens (tertiary/aromatic N) is 1. The van der Waals surface area contributed by atoms with Gasteiger partial charge < -0.3 is 5.11 Å². The summed E-state index contributed by atoms with van der Waals surface area (Å²) in [7, 11) is 0. The van der Waals surface area contributed by atoms with Gasteiger partial charge in [-0.05, 0) is 12.1 Å². The number of carboxylic acid groups (broad SMARTS) is 1. The molecule has 1 aromatic rings. The summed E-state index contributed by atoms with van der Waals surface area (Å²) in [4.78, 5) is 10.4. The van der Waals surface area contributed by atoms with Gasteiger partial charge in [-0.25, -0.2) is 4.79 Å². The zero-order chi connectivity index (χ0) is 9.14. The Morgan fingerprint density at radius 3 is 2.50 bits per heavy atom. The number of hydrogen-bond donors (Lipinski definition) is 1. The van der Waals surface area contributed by atoms with Crippen molar-refractivity contribution in [2.24, 2.45) is 0 Å². The maximum Gasteiger partial charge on any atom is 0.426 e. The summed E-state index contributed by atoms with van der Waals surface area (Å²) >= 11 is 11.1. The van der Waals surface area contributed by atoms with Crippen molar-refractivity contribution in [3.63, 3.8) is 0 Å². The predicted octanol–water partition coefficient (Wildman–Crippen LogP) is 2.98. The molecule has 0 radical (unpaired) electrons. The highest BCUT2D eigenvalue weighted by molar-refractivity contribution is 6.40. The molecule has 0 heterocycles. The van der Waals surface area contributed by atoms with E-state index in [-0.39, 0.29) is 5.69 Å². The van der Waals surface area contributed by atoms with Gasteiger partial charge in [0.1, 0.15) is 0 Å². The zero-order valence-electron chi connectivity index (χ0n) is 5.87. The van der Waals surface area contributed by atoms with Crippen LogP contribution in [0.2, 0.25) is 5.02 Å². The number of rotatable bonds is 1. The second kappa shape index (κ2) is 3.65. The molecule has 0 aliphatic carbocycles. The fourth-order valence-corrected chi connectivity index (χ4v) is 1.12. The number of amides is 1. The first-order valence-electron chi connectivity index (χ1n) is 3.06. The summed E-state index contributed by atoms with van der Waals surface area (Å²) < 4.78 is 0.544. The molecule has 64 valence electrons. The van der Waals surface area contributed by atoms with Gasteiger partial charge in [0.05, 0.1) is 10.7 Å². The van der Waals surface area contributed by atoms with E-state index in [4.69, 9.17) is 28.5 Å². The number of para-hydroxylation sites is 1. The van der Waals surface area contributed by atoms with Crippen LogP contribution in [0.4, 0.5) is 10.5 Å². The minimum atomic E-state index is -1.26. The number of halogens is 2. The van der Waals surface area contributed by atoms with Crippen molar-refractivity contribution in [2.45, 2.75) is 0 Å². The van der Waals surface area contributed by atoms with E-state index < -0.39 is 6.09 Å². The van der Waals surface area contributed by atoms with Gasteiger partial charge >= 0.3 is 6.09 Å². The van der Waals surface area contributed by atoms with Gasteiger partial charge in [-0.15, -0.1) is 0 Å². The molecule has 5 heteroatoms. The van der Waals surface area contributed by atoms with Gasteiger partial charge in [0.2, 0.25) is 0 Å². The van der Waals surface area contributed by atoms with Crippen LogP contribution >= 0.6 is 23.4 Å². The zero-order valence-corrected chi connectivity index (χ0v) is 7.38. The SMILES string of the molecule is O=C(O)N(Cl)c1ccccc1Cl. The quantitative estimate of drug-likeness (QED) is 0.717. The van der Waals surface area contributed by atoms with Crippen molar-refractivity contribution in [3.8, 4) is 0 Å². The third-order valence-corrected chi connectivity index (χ3v) is 1.88. The molecule has 3 nitrogen and oxygen atoms in total. The van der Waals surface area contributed by atoms with Crippen LogP contribution in [0.5, 0.6) is 0 Å². The minimum Gasteiger partial charge on any atom is -0.464 e. The third-order valence-electron chi connectivity index (χ3n) is 1.23. The normalized spacial score (nSPS) is 9.50. The highest BCUT2D eigenvalue weighted by Gasteiger charge is 2.13. The summed E-state index contributed by atoms with van der Waals surface area (Å²) in [5.74, 6) is 0. The molecule has 0 bridgehead atoms. The lowest BCUT2D eigenvalue weighted by Crippen LogP contribution is -2.17. The van der Waals surface area contributed by atoms with E-state index in [1.807, 2.05) is 0 Å². The standard InChI is InChI=1S/C7H5Cl2NO2/c8-5-3-1-2-4-6(5)10(9)7(11)12/h1-4H,(H,11,12). The van der Waals surface area contributed by atoms with Crippen molar-refractivity contribution < 1.29 is 9.90 Å². The summed E-state index contributed by atoms with van der Waals surface area (Å²) in [6.45, 7) is 0. The number of carbonyl (C=O) groups is 1. The van der Waals surface area contributed by atoms with Crippen molar-refractivity contribution in [1.82, 2.24) is 0 Å². The maximum absolute atomic E-state index is 10.4. The smallest absolute Gasteiger partial charge is 0.426 e. The Hall–Kier alpha value is -0.930. The molecule has 0 saturated carbocycles. The number of benzene rings is 1. The van der Waals surface area contributed by atoms with E-state index >= 15 is 0 Å². The second-order valence-electron chi connectivity index (χ2n) is 2.01. The molecule has 0 aromatic heterocycles. The van der Waals surface area contributed by atoms with Crippen molar-refractivity contribution in [2.75, 3.05) is 4.42 Å². The summed E-state index contributed by atoms with van der Waals surface area (Å²) in [5.41, 5.74) is 0.258. The lowest BCUT2D eigenvalue weighted by atomic mass is 10.3. The van der Waals surface area contributed by atoms with E-state index in [2.05, 4.69) is 0 Å². The van der Waals surface area contributed by atoms with Crippen LogP contribution in [0.15, 0.2) is 24.3 Å². The minimum absolute atomic E-state index is 0.258. The molecule has 1 amide bonds. The monoisotopic (exact) mass is 205 g/mol. The molecule has 0 atom stereocenters. The van der Waals surface area contributed by atoms with Gasteiger partial charge in [-0.2, -0.15) is 4.42 Å². The van der Waals surface area contributed by atoms with Crippen molar-refractivity contribution >= 4 is 35.2 Å². The average Bonchev–Trinajstić information content (AvgIpc) is 2.04. The van der Waals surface area contributed by atoms with Gasteiger partial charge in [-0.1, -0.05) is 23.7 Å². The molecule has 1 aromatic carbocycles. The lowest BCUT2D eigenvalue weighted by Gasteiger charge is -2.10. The van der Waals surface area contributed by atoms with Crippen molar-refractivity contribution in [3.05, 3.63) is 29.3 Å². The summed E-state index contributed by atoms with van der Waals surface area (Å²) in [6.07, 6.45) is -1.26. The summed E-state index contributed by atoms with van der Waals surface area (Å²) in [5, 5.41) is 8.80. The predicted molar refractivity (Wildman–Crippen MR) is 47.8 cm³/mol. The Morgan fingerprint density at radius 2 is 2.00 bits per heavy atom. The Bertz CT molecular complexity index is 303. The van der Waals surface area contributed by atoms with Crippen LogP contribution in [0.1, 0.15) is 0 Å². The Balaban J connectivity index is 3.02. The maximum atomic E-state index is 10.4. The molecule has 12 heavy (non-hydrogen) atoms. The second-order valence-corrected chi connectivity index (χ2v) is 2.76. The Labute approximate surface area is 79.2 Å². The molecule has 0 spiro atoms. The largest absolute Gasteiger partial charge is 0.464 e. The van der Waals surface area contributed by atoms with Gasteiger partial charge in [0.15, 0.2) is 0 Å². The fraction of sp³-hybridized carbons (Fsp3) is 0. The first-order valence-corrected chi connectivity index (χ1v) is 3.78. The molecule has 1 N–H and O–H groups in total. The molecule has 0 fully saturated rings. The van der Waals surface area contributed by atoms with Crippen LogP contribution in [0.25, 0.3) is 0 Å². The van der Waals surface area contributed by atoms with Crippen LogP contribution in [0, 0.1) is 0 Å². The molecule has 0 aliphatic rings. The molecular formula is C7H5Cl2NO2. The first kappa shape index (κ1) is 9.16. The van der Waals surface area contributed by atoms with Gasteiger partial charge in [-0.3, -0.25) is 0 Å². The fourth-order valence-electron chi connectivity index (χ4n) is 0.714. The Kier molecular flexibility index (Phi) is 2.78. The third kappa shape index (κ3) is 1.81. The Morgan fingerprint density at radius 1 is 1.42 bits per heavy atom. The topological polar surface area (TPSA) is 40.5 Å². The first-order chi connectivity index (χ1) is 5.63. The van der Waals surface area contributed by atoms with Crippen LogP contribution < -0.4 is 4.42 Å². The van der Waals surface area contributed by atoms with Gasteiger partial charge in [0, 0.05) is 11.8 Å². The molecule has 1 rings (SSSR count). The molecule has 0 saturated heterocycles. The van der Waals surface area contributed by atoms with E-state index in [1.54, 1.807) is 18.2 Å². The van der Waals surface area contributed by atoms with Crippen LogP contribution in [-0.4, -0.2) is 11.2 Å². The lowest BCUT2D eigenvalue weighted by molar-refractivity contribution is 0.206. The molecule has 0 unspecified atom stereocenters.